The lowest BCUT2D eigenvalue weighted by molar-refractivity contribution is -0.141. The molecule has 1 aromatic carbocycles. The Balaban J connectivity index is 1.98. The third-order valence-corrected chi connectivity index (χ3v) is 4.45. The van der Waals surface area contributed by atoms with Crippen LogP contribution in [0.3, 0.4) is 0 Å². The largest absolute Gasteiger partial charge is 0.337 e. The van der Waals surface area contributed by atoms with Gasteiger partial charge < -0.3 is 15.5 Å². The molecular formula is C19H29N3O2. The molecule has 2 N–H and O–H groups in total. The molecular weight excluding hydrogens is 302 g/mol. The van der Waals surface area contributed by atoms with E-state index >= 15 is 0 Å². The Labute approximate surface area is 144 Å². The van der Waals surface area contributed by atoms with E-state index in [-0.39, 0.29) is 18.4 Å². The van der Waals surface area contributed by atoms with Crippen LogP contribution in [0.5, 0.6) is 0 Å². The summed E-state index contributed by atoms with van der Waals surface area (Å²) in [6, 6.07) is 9.95. The number of carbonyl (C=O) groups is 2. The van der Waals surface area contributed by atoms with Gasteiger partial charge in [0, 0.05) is 26.1 Å². The fourth-order valence-corrected chi connectivity index (χ4v) is 3.02. The van der Waals surface area contributed by atoms with Crippen molar-refractivity contribution < 1.29 is 9.59 Å². The number of hydrogen-bond acceptors (Lipinski definition) is 3. The Morgan fingerprint density at radius 3 is 2.62 bits per heavy atom. The molecule has 1 aliphatic rings. The van der Waals surface area contributed by atoms with Crippen molar-refractivity contribution >= 4 is 11.8 Å². The van der Waals surface area contributed by atoms with E-state index in [2.05, 4.69) is 0 Å². The molecule has 0 unspecified atom stereocenters. The van der Waals surface area contributed by atoms with Crippen LogP contribution in [-0.2, 0) is 16.1 Å². The number of carbonyl (C=O) groups excluding carboxylic acids is 2. The van der Waals surface area contributed by atoms with Crippen LogP contribution >= 0.6 is 0 Å². The van der Waals surface area contributed by atoms with Crippen LogP contribution in [0.2, 0.25) is 0 Å². The minimum atomic E-state index is 0.0150. The quantitative estimate of drug-likeness (QED) is 0.832. The summed E-state index contributed by atoms with van der Waals surface area (Å²) in [7, 11) is 0. The number of hydrogen-bond donors (Lipinski definition) is 1. The normalized spacial score (nSPS) is 15.7. The second-order valence-electron chi connectivity index (χ2n) is 6.42. The highest BCUT2D eigenvalue weighted by molar-refractivity contribution is 5.84. The van der Waals surface area contributed by atoms with Gasteiger partial charge in [-0.15, -0.1) is 0 Å². The lowest BCUT2D eigenvalue weighted by Crippen LogP contribution is -2.44. The molecule has 1 aliphatic heterocycles. The molecule has 1 saturated heterocycles. The third-order valence-electron chi connectivity index (χ3n) is 4.45. The Morgan fingerprint density at radius 1 is 1.12 bits per heavy atom. The first-order valence-electron chi connectivity index (χ1n) is 9.00. The van der Waals surface area contributed by atoms with E-state index in [4.69, 9.17) is 5.73 Å². The predicted molar refractivity (Wildman–Crippen MR) is 95.2 cm³/mol. The van der Waals surface area contributed by atoms with Gasteiger partial charge in [0.05, 0.1) is 6.54 Å². The van der Waals surface area contributed by atoms with Gasteiger partial charge in [-0.3, -0.25) is 9.59 Å². The predicted octanol–water partition coefficient (Wildman–Crippen LogP) is 2.16. The van der Waals surface area contributed by atoms with E-state index in [1.807, 2.05) is 35.2 Å². The fourth-order valence-electron chi connectivity index (χ4n) is 3.02. The Bertz CT molecular complexity index is 519. The highest BCUT2D eigenvalue weighted by atomic mass is 16.2. The van der Waals surface area contributed by atoms with E-state index in [1.54, 1.807) is 4.90 Å². The van der Waals surface area contributed by atoms with Gasteiger partial charge in [0.25, 0.3) is 0 Å². The maximum absolute atomic E-state index is 12.8. The van der Waals surface area contributed by atoms with Gasteiger partial charge in [-0.2, -0.15) is 0 Å². The lowest BCUT2D eigenvalue weighted by Gasteiger charge is -2.29. The first-order valence-corrected chi connectivity index (χ1v) is 9.00. The zero-order valence-corrected chi connectivity index (χ0v) is 14.5. The zero-order valence-electron chi connectivity index (χ0n) is 14.5. The fraction of sp³-hybridized carbons (Fsp3) is 0.579. The highest BCUT2D eigenvalue weighted by Crippen LogP contribution is 2.13. The summed E-state index contributed by atoms with van der Waals surface area (Å²) in [5.41, 5.74) is 6.71. The molecule has 1 heterocycles. The van der Waals surface area contributed by atoms with Crippen molar-refractivity contribution in [3.63, 3.8) is 0 Å². The van der Waals surface area contributed by atoms with Crippen molar-refractivity contribution in [2.24, 2.45) is 5.73 Å². The molecule has 0 aliphatic carbocycles. The van der Waals surface area contributed by atoms with Gasteiger partial charge in [0.15, 0.2) is 0 Å². The molecule has 0 saturated carbocycles. The SMILES string of the molecule is NCCCN(Cc1ccccc1)C(=O)CN1CCCCCCC1=O. The van der Waals surface area contributed by atoms with E-state index in [9.17, 15) is 9.59 Å². The smallest absolute Gasteiger partial charge is 0.242 e. The van der Waals surface area contributed by atoms with Crippen molar-refractivity contribution in [1.29, 1.82) is 0 Å². The summed E-state index contributed by atoms with van der Waals surface area (Å²) in [5.74, 6) is 0.128. The van der Waals surface area contributed by atoms with Crippen molar-refractivity contribution in [3.8, 4) is 0 Å². The second-order valence-corrected chi connectivity index (χ2v) is 6.42. The van der Waals surface area contributed by atoms with E-state index in [0.717, 1.165) is 37.7 Å². The summed E-state index contributed by atoms with van der Waals surface area (Å²) in [6.07, 6.45) is 5.51. The van der Waals surface area contributed by atoms with Gasteiger partial charge >= 0.3 is 0 Å². The maximum atomic E-state index is 12.8. The number of nitrogens with two attached hydrogens (primary N) is 1. The summed E-state index contributed by atoms with van der Waals surface area (Å²) in [4.78, 5) is 28.6. The van der Waals surface area contributed by atoms with E-state index in [1.165, 1.54) is 0 Å². The van der Waals surface area contributed by atoms with Gasteiger partial charge in [0.2, 0.25) is 11.8 Å². The first-order chi connectivity index (χ1) is 11.7. The summed E-state index contributed by atoms with van der Waals surface area (Å²) in [6.45, 7) is 2.64. The Hall–Kier alpha value is -1.88. The minimum absolute atomic E-state index is 0.0150. The molecule has 5 heteroatoms. The van der Waals surface area contributed by atoms with Crippen LogP contribution in [0.15, 0.2) is 30.3 Å². The van der Waals surface area contributed by atoms with Crippen molar-refractivity contribution in [2.45, 2.75) is 45.1 Å². The second kappa shape index (κ2) is 10.1. The molecule has 5 nitrogen and oxygen atoms in total. The van der Waals surface area contributed by atoms with Gasteiger partial charge in [0.1, 0.15) is 0 Å². The van der Waals surface area contributed by atoms with Crippen LogP contribution in [0.4, 0.5) is 0 Å². The van der Waals surface area contributed by atoms with Crippen molar-refractivity contribution in [1.82, 2.24) is 9.80 Å². The van der Waals surface area contributed by atoms with Gasteiger partial charge in [-0.25, -0.2) is 0 Å². The number of rotatable bonds is 7. The molecule has 1 aromatic rings. The lowest BCUT2D eigenvalue weighted by atomic mass is 10.1. The molecule has 0 radical (unpaired) electrons. The van der Waals surface area contributed by atoms with Crippen LogP contribution in [0.1, 0.15) is 44.1 Å². The van der Waals surface area contributed by atoms with Gasteiger partial charge in [-0.05, 0) is 31.4 Å². The van der Waals surface area contributed by atoms with Crippen LogP contribution < -0.4 is 5.73 Å². The third kappa shape index (κ3) is 5.96. The topological polar surface area (TPSA) is 66.6 Å². The molecule has 1 fully saturated rings. The molecule has 24 heavy (non-hydrogen) atoms. The number of amides is 2. The molecule has 132 valence electrons. The Kier molecular flexibility index (Phi) is 7.75. The highest BCUT2D eigenvalue weighted by Gasteiger charge is 2.21. The molecule has 0 spiro atoms. The summed E-state index contributed by atoms with van der Waals surface area (Å²) in [5, 5.41) is 0. The van der Waals surface area contributed by atoms with Crippen molar-refractivity contribution in [2.75, 3.05) is 26.2 Å². The van der Waals surface area contributed by atoms with Crippen molar-refractivity contribution in [3.05, 3.63) is 35.9 Å². The molecule has 0 bridgehead atoms. The first kappa shape index (κ1) is 18.5. The van der Waals surface area contributed by atoms with Crippen LogP contribution in [0.25, 0.3) is 0 Å². The molecule has 2 rings (SSSR count). The summed E-state index contributed by atoms with van der Waals surface area (Å²) >= 11 is 0. The monoisotopic (exact) mass is 331 g/mol. The van der Waals surface area contributed by atoms with Crippen LogP contribution in [0, 0.1) is 0 Å². The molecule has 0 aromatic heterocycles. The average molecular weight is 331 g/mol. The van der Waals surface area contributed by atoms with E-state index < -0.39 is 0 Å². The molecule has 2 amide bonds. The minimum Gasteiger partial charge on any atom is -0.337 e. The summed E-state index contributed by atoms with van der Waals surface area (Å²) < 4.78 is 0. The maximum Gasteiger partial charge on any atom is 0.242 e. The van der Waals surface area contributed by atoms with E-state index in [0.29, 0.717) is 32.6 Å². The molecule has 0 atom stereocenters. The average Bonchev–Trinajstić information content (AvgIpc) is 2.59. The number of nitrogens with zero attached hydrogens (tertiary/aromatic N) is 2. The Morgan fingerprint density at radius 2 is 1.88 bits per heavy atom. The number of benzene rings is 1. The zero-order chi connectivity index (χ0) is 17.2. The van der Waals surface area contributed by atoms with Crippen LogP contribution in [-0.4, -0.2) is 47.8 Å². The van der Waals surface area contributed by atoms with Gasteiger partial charge in [-0.1, -0.05) is 43.2 Å². The standard InChI is InChI=1S/C19H29N3O2/c20-12-8-14-21(15-17-9-4-3-5-10-17)19(24)16-22-13-7-2-1-6-11-18(22)23/h3-5,9-10H,1-2,6-8,11-16,20H2. The number of likely N-dealkylation sites (tertiary alicyclic amines) is 1.